The molecular formula is C41H26N10S. The number of benzene rings is 2. The van der Waals surface area contributed by atoms with Crippen molar-refractivity contribution >= 4 is 77.3 Å². The second-order valence-corrected chi connectivity index (χ2v) is 13.2. The van der Waals surface area contributed by atoms with Gasteiger partial charge in [-0.1, -0.05) is 6.07 Å². The van der Waals surface area contributed by atoms with Crippen LogP contribution in [0.2, 0.25) is 0 Å². The Kier molecular flexibility index (Phi) is 7.07. The third kappa shape index (κ3) is 5.51. The lowest BCUT2D eigenvalue weighted by atomic mass is 10.1. The molecule has 0 aliphatic carbocycles. The van der Waals surface area contributed by atoms with Gasteiger partial charge in [-0.25, -0.2) is 15.0 Å². The third-order valence-corrected chi connectivity index (χ3v) is 9.78. The highest BCUT2D eigenvalue weighted by Gasteiger charge is 2.14. The molecule has 2 aromatic carbocycles. The molecule has 8 heterocycles. The maximum Gasteiger partial charge on any atom is 0.140 e. The molecule has 11 heteroatoms. The second-order valence-electron chi connectivity index (χ2n) is 12.3. The number of aromatic amines is 1. The number of aromatic nitrogens is 8. The van der Waals surface area contributed by atoms with E-state index in [1.54, 1.807) is 36.1 Å². The number of hydrogen-bond acceptors (Lipinski definition) is 10. The molecule has 0 spiro atoms. The van der Waals surface area contributed by atoms with E-state index in [4.69, 9.17) is 15.0 Å². The van der Waals surface area contributed by atoms with Crippen molar-refractivity contribution in [1.82, 2.24) is 39.9 Å². The zero-order valence-electron chi connectivity index (χ0n) is 27.3. The molecule has 0 aliphatic heterocycles. The molecule has 10 aromatic rings. The highest BCUT2D eigenvalue weighted by molar-refractivity contribution is 7.16. The lowest BCUT2D eigenvalue weighted by molar-refractivity contribution is 1.27. The van der Waals surface area contributed by atoms with Crippen LogP contribution in [0.1, 0.15) is 0 Å². The number of pyridine rings is 6. The summed E-state index contributed by atoms with van der Waals surface area (Å²) in [4.78, 5) is 36.2. The summed E-state index contributed by atoms with van der Waals surface area (Å²) in [6, 6.07) is 34.4. The normalized spacial score (nSPS) is 11.5. The molecule has 0 saturated carbocycles. The van der Waals surface area contributed by atoms with Gasteiger partial charge in [-0.2, -0.15) is 0 Å². The standard InChI is InChI=1S/C41H26N10S/c1-3-29-35(43-12-1)21-33(24-9-14-42-15-10-24)50-40(29)47-27-6-5-25-18-38(49-32(25)19-27)37-17-26(11-16-45-37)34-22-36-30(4-2-13-44-36)41(51-34)48-28-7-8-31-39(20-28)52-23-46-31/h1-23,49H,(H,47,50)(H,48,51). The predicted octanol–water partition coefficient (Wildman–Crippen LogP) is 9.94. The van der Waals surface area contributed by atoms with Gasteiger partial charge in [0.2, 0.25) is 0 Å². The number of thiazole rings is 1. The SMILES string of the molecule is c1cnc2cc(-c3ccncc3)nc(Nc3ccc4cc(-c5cc(-c6cc7ncccc7c(Nc7ccc8ncsc8c7)n6)ccn5)[nH]c4c3)c2c1. The van der Waals surface area contributed by atoms with E-state index in [0.717, 1.165) is 99.8 Å². The number of nitrogens with zero attached hydrogens (tertiary/aromatic N) is 7. The van der Waals surface area contributed by atoms with Gasteiger partial charge in [-0.3, -0.25) is 19.9 Å². The molecule has 0 saturated heterocycles. The number of rotatable bonds is 7. The third-order valence-electron chi connectivity index (χ3n) is 8.99. The highest BCUT2D eigenvalue weighted by atomic mass is 32.1. The van der Waals surface area contributed by atoms with Crippen LogP contribution in [0, 0.1) is 0 Å². The number of fused-ring (bicyclic) bond motifs is 4. The van der Waals surface area contributed by atoms with Crippen molar-refractivity contribution in [2.24, 2.45) is 0 Å². The molecule has 10 rings (SSSR count). The maximum absolute atomic E-state index is 5.09. The first-order chi connectivity index (χ1) is 25.7. The van der Waals surface area contributed by atoms with E-state index < -0.39 is 0 Å². The van der Waals surface area contributed by atoms with Crippen molar-refractivity contribution in [3.63, 3.8) is 0 Å². The number of H-pyrrole nitrogens is 1. The van der Waals surface area contributed by atoms with Crippen molar-refractivity contribution in [1.29, 1.82) is 0 Å². The second kappa shape index (κ2) is 12.3. The molecule has 52 heavy (non-hydrogen) atoms. The molecule has 0 bridgehead atoms. The van der Waals surface area contributed by atoms with Crippen LogP contribution < -0.4 is 10.6 Å². The predicted molar refractivity (Wildman–Crippen MR) is 209 cm³/mol. The van der Waals surface area contributed by atoms with Crippen LogP contribution in [-0.4, -0.2) is 39.9 Å². The Morgan fingerprint density at radius 1 is 0.519 bits per heavy atom. The summed E-state index contributed by atoms with van der Waals surface area (Å²) in [6.45, 7) is 0. The average molecular weight is 691 g/mol. The van der Waals surface area contributed by atoms with Crippen molar-refractivity contribution in [2.75, 3.05) is 10.6 Å². The van der Waals surface area contributed by atoms with Gasteiger partial charge in [-0.05, 0) is 97.1 Å². The number of nitrogens with one attached hydrogen (secondary N) is 3. The Morgan fingerprint density at radius 2 is 1.21 bits per heavy atom. The summed E-state index contributed by atoms with van der Waals surface area (Å²) in [6.07, 6.45) is 8.95. The van der Waals surface area contributed by atoms with Crippen molar-refractivity contribution < 1.29 is 0 Å². The Morgan fingerprint density at radius 3 is 1.98 bits per heavy atom. The molecule has 0 unspecified atom stereocenters. The summed E-state index contributed by atoms with van der Waals surface area (Å²) in [5.74, 6) is 1.46. The van der Waals surface area contributed by atoms with E-state index >= 15 is 0 Å². The summed E-state index contributed by atoms with van der Waals surface area (Å²) in [5, 5.41) is 10.0. The minimum absolute atomic E-state index is 0.730. The minimum atomic E-state index is 0.730. The van der Waals surface area contributed by atoms with Crippen molar-refractivity contribution in [3.8, 4) is 33.9 Å². The monoisotopic (exact) mass is 690 g/mol. The molecule has 0 fully saturated rings. The van der Waals surface area contributed by atoms with Crippen LogP contribution in [-0.2, 0) is 0 Å². The van der Waals surface area contributed by atoms with Crippen molar-refractivity contribution in [2.45, 2.75) is 0 Å². The van der Waals surface area contributed by atoms with Crippen LogP contribution in [0.25, 0.3) is 76.8 Å². The Labute approximate surface area is 300 Å². The van der Waals surface area contributed by atoms with Gasteiger partial charge in [-0.15, -0.1) is 11.3 Å². The average Bonchev–Trinajstić information content (AvgIpc) is 3.85. The van der Waals surface area contributed by atoms with Gasteiger partial charge in [0.05, 0.1) is 49.5 Å². The topological polar surface area (TPSA) is 130 Å². The summed E-state index contributed by atoms with van der Waals surface area (Å²) < 4.78 is 1.11. The summed E-state index contributed by atoms with van der Waals surface area (Å²) in [5.41, 5.74) is 12.6. The fourth-order valence-corrected chi connectivity index (χ4v) is 7.16. The Bertz CT molecular complexity index is 2940. The molecule has 0 aliphatic rings. The van der Waals surface area contributed by atoms with E-state index in [0.29, 0.717) is 0 Å². The van der Waals surface area contributed by atoms with Gasteiger partial charge in [0.1, 0.15) is 11.6 Å². The molecule has 0 radical (unpaired) electrons. The van der Waals surface area contributed by atoms with Gasteiger partial charge in [0.25, 0.3) is 0 Å². The lowest BCUT2D eigenvalue weighted by Gasteiger charge is -2.12. The smallest absolute Gasteiger partial charge is 0.140 e. The Balaban J connectivity index is 0.979. The van der Waals surface area contributed by atoms with Crippen LogP contribution in [0.4, 0.5) is 23.0 Å². The fraction of sp³-hybridized carbons (Fsp3) is 0. The van der Waals surface area contributed by atoms with Gasteiger partial charge in [0, 0.05) is 75.2 Å². The molecular weight excluding hydrogens is 665 g/mol. The summed E-state index contributed by atoms with van der Waals surface area (Å²) in [7, 11) is 0. The van der Waals surface area contributed by atoms with Crippen LogP contribution in [0.15, 0.2) is 140 Å². The first-order valence-electron chi connectivity index (χ1n) is 16.6. The molecule has 8 aromatic heterocycles. The molecule has 10 nitrogen and oxygen atoms in total. The first-order valence-corrected chi connectivity index (χ1v) is 17.5. The number of hydrogen-bond donors (Lipinski definition) is 3. The zero-order chi connectivity index (χ0) is 34.4. The highest BCUT2D eigenvalue weighted by Crippen LogP contribution is 2.34. The van der Waals surface area contributed by atoms with Crippen LogP contribution >= 0.6 is 11.3 Å². The molecule has 0 atom stereocenters. The number of anilines is 4. The fourth-order valence-electron chi connectivity index (χ4n) is 6.45. The first kappa shape index (κ1) is 29.8. The maximum atomic E-state index is 5.09. The molecule has 0 amide bonds. The largest absolute Gasteiger partial charge is 0.353 e. The summed E-state index contributed by atoms with van der Waals surface area (Å²) >= 11 is 1.61. The van der Waals surface area contributed by atoms with E-state index in [-0.39, 0.29) is 0 Å². The van der Waals surface area contributed by atoms with Gasteiger partial charge in [0.15, 0.2) is 0 Å². The van der Waals surface area contributed by atoms with Gasteiger partial charge >= 0.3 is 0 Å². The van der Waals surface area contributed by atoms with E-state index in [2.05, 4.69) is 72.0 Å². The molecule has 3 N–H and O–H groups in total. The minimum Gasteiger partial charge on any atom is -0.353 e. The Hall–Kier alpha value is -7.11. The van der Waals surface area contributed by atoms with Gasteiger partial charge < -0.3 is 15.6 Å². The lowest BCUT2D eigenvalue weighted by Crippen LogP contribution is -1.98. The van der Waals surface area contributed by atoms with Crippen molar-refractivity contribution in [3.05, 3.63) is 140 Å². The van der Waals surface area contributed by atoms with Crippen LogP contribution in [0.5, 0.6) is 0 Å². The van der Waals surface area contributed by atoms with E-state index in [9.17, 15) is 0 Å². The zero-order valence-corrected chi connectivity index (χ0v) is 28.1. The van der Waals surface area contributed by atoms with Crippen LogP contribution in [0.3, 0.4) is 0 Å². The molecule has 246 valence electrons. The van der Waals surface area contributed by atoms with E-state index in [1.165, 1.54) is 0 Å². The quantitative estimate of drug-likeness (QED) is 0.150. The van der Waals surface area contributed by atoms with E-state index in [1.807, 2.05) is 78.4 Å².